The maximum absolute atomic E-state index is 12.4. The Hall–Kier alpha value is -2.77. The third kappa shape index (κ3) is 5.37. The number of benzene rings is 2. The van der Waals surface area contributed by atoms with Crippen molar-refractivity contribution in [2.45, 2.75) is 24.7 Å². The topological polar surface area (TPSA) is 81.2 Å². The molecule has 1 N–H and O–H groups in total. The van der Waals surface area contributed by atoms with E-state index in [1.54, 1.807) is 36.7 Å². The SMILES string of the molecule is CCCOc1ccc(S(=O)(=O)NCCc2cnc(-c3ccccc3)nc2)cc1. The van der Waals surface area contributed by atoms with E-state index in [0.29, 0.717) is 24.6 Å². The van der Waals surface area contributed by atoms with Crippen molar-refractivity contribution >= 4 is 10.0 Å². The van der Waals surface area contributed by atoms with Crippen LogP contribution in [-0.4, -0.2) is 31.5 Å². The molecule has 28 heavy (non-hydrogen) atoms. The summed E-state index contributed by atoms with van der Waals surface area (Å²) in [4.78, 5) is 8.92. The van der Waals surface area contributed by atoms with Crippen molar-refractivity contribution in [1.29, 1.82) is 0 Å². The summed E-state index contributed by atoms with van der Waals surface area (Å²) >= 11 is 0. The van der Waals surface area contributed by atoms with Gasteiger partial charge >= 0.3 is 0 Å². The zero-order chi connectivity index (χ0) is 19.8. The molecule has 0 aliphatic rings. The fraction of sp³-hybridized carbons (Fsp3) is 0.238. The number of nitrogens with one attached hydrogen (secondary N) is 1. The standard InChI is InChI=1S/C21H23N3O3S/c1-2-14-27-19-8-10-20(11-9-19)28(25,26)24-13-12-17-15-22-21(23-16-17)18-6-4-3-5-7-18/h3-11,15-16,24H,2,12-14H2,1H3. The zero-order valence-corrected chi connectivity index (χ0v) is 16.5. The normalized spacial score (nSPS) is 11.3. The van der Waals surface area contributed by atoms with Crippen molar-refractivity contribution in [2.24, 2.45) is 0 Å². The van der Waals surface area contributed by atoms with E-state index in [2.05, 4.69) is 14.7 Å². The average Bonchev–Trinajstić information content (AvgIpc) is 2.73. The lowest BCUT2D eigenvalue weighted by atomic mass is 10.2. The van der Waals surface area contributed by atoms with Gasteiger partial charge in [0.25, 0.3) is 0 Å². The quantitative estimate of drug-likeness (QED) is 0.598. The highest BCUT2D eigenvalue weighted by Gasteiger charge is 2.13. The highest BCUT2D eigenvalue weighted by Crippen LogP contribution is 2.16. The first kappa shape index (κ1) is 20.0. The minimum absolute atomic E-state index is 0.215. The molecule has 7 heteroatoms. The number of nitrogens with zero attached hydrogens (tertiary/aromatic N) is 2. The van der Waals surface area contributed by atoms with Crippen molar-refractivity contribution in [1.82, 2.24) is 14.7 Å². The Morgan fingerprint density at radius 2 is 1.64 bits per heavy atom. The van der Waals surface area contributed by atoms with Gasteiger partial charge in [-0.15, -0.1) is 0 Å². The van der Waals surface area contributed by atoms with E-state index in [4.69, 9.17) is 4.74 Å². The number of hydrogen-bond acceptors (Lipinski definition) is 5. The van der Waals surface area contributed by atoms with Gasteiger partial charge in [-0.25, -0.2) is 23.1 Å². The van der Waals surface area contributed by atoms with Crippen LogP contribution in [0.4, 0.5) is 0 Å². The second-order valence-corrected chi connectivity index (χ2v) is 8.02. The molecular formula is C21H23N3O3S. The Morgan fingerprint density at radius 3 is 2.29 bits per heavy atom. The van der Waals surface area contributed by atoms with E-state index >= 15 is 0 Å². The summed E-state index contributed by atoms with van der Waals surface area (Å²) in [5.41, 5.74) is 1.81. The van der Waals surface area contributed by atoms with Gasteiger partial charge in [0.15, 0.2) is 5.82 Å². The lowest BCUT2D eigenvalue weighted by molar-refractivity contribution is 0.317. The molecule has 0 fully saturated rings. The van der Waals surface area contributed by atoms with Crippen LogP contribution < -0.4 is 9.46 Å². The van der Waals surface area contributed by atoms with E-state index in [9.17, 15) is 8.42 Å². The summed E-state index contributed by atoms with van der Waals surface area (Å²) < 4.78 is 32.9. The summed E-state index contributed by atoms with van der Waals surface area (Å²) in [6, 6.07) is 16.1. The van der Waals surface area contributed by atoms with Crippen LogP contribution in [0.25, 0.3) is 11.4 Å². The van der Waals surface area contributed by atoms with E-state index in [-0.39, 0.29) is 11.4 Å². The van der Waals surface area contributed by atoms with Gasteiger partial charge in [0.1, 0.15) is 5.75 Å². The lowest BCUT2D eigenvalue weighted by Crippen LogP contribution is -2.26. The number of hydrogen-bond donors (Lipinski definition) is 1. The second-order valence-electron chi connectivity index (χ2n) is 6.25. The van der Waals surface area contributed by atoms with Gasteiger partial charge in [-0.1, -0.05) is 37.3 Å². The summed E-state index contributed by atoms with van der Waals surface area (Å²) in [7, 11) is -3.57. The number of sulfonamides is 1. The molecule has 1 heterocycles. The monoisotopic (exact) mass is 397 g/mol. The van der Waals surface area contributed by atoms with Crippen molar-refractivity contribution < 1.29 is 13.2 Å². The Kier molecular flexibility index (Phi) is 6.73. The first-order valence-corrected chi connectivity index (χ1v) is 10.7. The molecule has 146 valence electrons. The van der Waals surface area contributed by atoms with Crippen LogP contribution in [-0.2, 0) is 16.4 Å². The number of ether oxygens (including phenoxy) is 1. The Morgan fingerprint density at radius 1 is 0.964 bits per heavy atom. The highest BCUT2D eigenvalue weighted by molar-refractivity contribution is 7.89. The molecule has 0 spiro atoms. The summed E-state index contributed by atoms with van der Waals surface area (Å²) in [6.07, 6.45) is 4.86. The minimum atomic E-state index is -3.57. The number of aromatic nitrogens is 2. The molecule has 6 nitrogen and oxygen atoms in total. The van der Waals surface area contributed by atoms with Crippen LogP contribution in [0.2, 0.25) is 0 Å². The van der Waals surface area contributed by atoms with Gasteiger partial charge in [0.2, 0.25) is 10.0 Å². The fourth-order valence-electron chi connectivity index (χ4n) is 2.57. The predicted octanol–water partition coefficient (Wildman–Crippen LogP) is 3.45. The molecule has 1 aromatic heterocycles. The van der Waals surface area contributed by atoms with Crippen LogP contribution in [0.5, 0.6) is 5.75 Å². The van der Waals surface area contributed by atoms with Crippen LogP contribution in [0.1, 0.15) is 18.9 Å². The summed E-state index contributed by atoms with van der Waals surface area (Å²) in [5, 5.41) is 0. The van der Waals surface area contributed by atoms with E-state index < -0.39 is 10.0 Å². The summed E-state index contributed by atoms with van der Waals surface area (Å²) in [5.74, 6) is 1.31. The van der Waals surface area contributed by atoms with Crippen molar-refractivity contribution in [2.75, 3.05) is 13.2 Å². The fourth-order valence-corrected chi connectivity index (χ4v) is 3.60. The molecule has 0 saturated heterocycles. The molecule has 2 aromatic carbocycles. The molecule has 3 aromatic rings. The van der Waals surface area contributed by atoms with Crippen molar-refractivity contribution in [3.63, 3.8) is 0 Å². The first-order chi connectivity index (χ1) is 13.6. The molecule has 3 rings (SSSR count). The predicted molar refractivity (Wildman–Crippen MR) is 109 cm³/mol. The van der Waals surface area contributed by atoms with E-state index in [0.717, 1.165) is 17.5 Å². The average molecular weight is 398 g/mol. The molecule has 0 saturated carbocycles. The molecule has 0 bridgehead atoms. The van der Waals surface area contributed by atoms with Gasteiger partial charge in [-0.3, -0.25) is 0 Å². The van der Waals surface area contributed by atoms with Gasteiger partial charge in [-0.05, 0) is 42.7 Å². The summed E-state index contributed by atoms with van der Waals surface area (Å²) in [6.45, 7) is 2.89. The second kappa shape index (κ2) is 9.43. The van der Waals surface area contributed by atoms with Gasteiger partial charge in [0, 0.05) is 24.5 Å². The van der Waals surface area contributed by atoms with Crippen LogP contribution in [0.3, 0.4) is 0 Å². The van der Waals surface area contributed by atoms with Crippen molar-refractivity contribution in [3.05, 3.63) is 72.6 Å². The first-order valence-electron chi connectivity index (χ1n) is 9.17. The molecule has 0 atom stereocenters. The largest absolute Gasteiger partial charge is 0.494 e. The van der Waals surface area contributed by atoms with Crippen molar-refractivity contribution in [3.8, 4) is 17.1 Å². The minimum Gasteiger partial charge on any atom is -0.494 e. The lowest BCUT2D eigenvalue weighted by Gasteiger charge is -2.09. The van der Waals surface area contributed by atoms with E-state index in [1.807, 2.05) is 37.3 Å². The third-order valence-corrected chi connectivity index (χ3v) is 5.53. The maximum atomic E-state index is 12.4. The third-order valence-electron chi connectivity index (χ3n) is 4.05. The zero-order valence-electron chi connectivity index (χ0n) is 15.7. The molecular weight excluding hydrogens is 374 g/mol. The van der Waals surface area contributed by atoms with E-state index in [1.165, 1.54) is 0 Å². The Balaban J connectivity index is 1.55. The number of rotatable bonds is 9. The van der Waals surface area contributed by atoms with Gasteiger partial charge in [-0.2, -0.15) is 0 Å². The molecule has 0 radical (unpaired) electrons. The molecule has 0 aliphatic carbocycles. The molecule has 0 unspecified atom stereocenters. The van der Waals surface area contributed by atoms with Crippen LogP contribution >= 0.6 is 0 Å². The molecule has 0 amide bonds. The Bertz CT molecular complexity index is 974. The smallest absolute Gasteiger partial charge is 0.240 e. The van der Waals surface area contributed by atoms with Gasteiger partial charge in [0.05, 0.1) is 11.5 Å². The van der Waals surface area contributed by atoms with Gasteiger partial charge < -0.3 is 4.74 Å². The maximum Gasteiger partial charge on any atom is 0.240 e. The van der Waals surface area contributed by atoms with Crippen LogP contribution in [0, 0.1) is 0 Å². The van der Waals surface area contributed by atoms with Crippen LogP contribution in [0.15, 0.2) is 71.9 Å². The highest BCUT2D eigenvalue weighted by atomic mass is 32.2. The molecule has 0 aliphatic heterocycles. The Labute approximate surface area is 165 Å².